The van der Waals surface area contributed by atoms with Gasteiger partial charge in [-0.3, -0.25) is 9.59 Å². The van der Waals surface area contributed by atoms with E-state index in [1.807, 2.05) is 31.2 Å². The molecule has 0 bridgehead atoms. The van der Waals surface area contributed by atoms with Crippen LogP contribution in [0.15, 0.2) is 41.0 Å². The van der Waals surface area contributed by atoms with Gasteiger partial charge in [0.05, 0.1) is 17.9 Å². The van der Waals surface area contributed by atoms with E-state index in [0.29, 0.717) is 11.3 Å². The zero-order valence-corrected chi connectivity index (χ0v) is 13.3. The van der Waals surface area contributed by atoms with E-state index in [4.69, 9.17) is 4.42 Å². The number of carbonyl (C=O) groups excluding carboxylic acids is 2. The van der Waals surface area contributed by atoms with E-state index >= 15 is 0 Å². The van der Waals surface area contributed by atoms with E-state index < -0.39 is 0 Å². The Labute approximate surface area is 135 Å². The molecule has 0 radical (unpaired) electrons. The first-order chi connectivity index (χ1) is 11.0. The molecule has 1 saturated carbocycles. The molecule has 1 fully saturated rings. The molecule has 0 saturated heterocycles. The number of aryl methyl sites for hydroxylation is 1. The molecule has 1 atom stereocenters. The monoisotopic (exact) mass is 312 g/mol. The average molecular weight is 312 g/mol. The second-order valence-corrected chi connectivity index (χ2v) is 5.97. The molecule has 2 amide bonds. The van der Waals surface area contributed by atoms with Gasteiger partial charge in [-0.2, -0.15) is 0 Å². The van der Waals surface area contributed by atoms with Crippen LogP contribution in [0.25, 0.3) is 0 Å². The van der Waals surface area contributed by atoms with Gasteiger partial charge in [0, 0.05) is 11.6 Å². The number of rotatable bonds is 5. The average Bonchev–Trinajstić information content (AvgIpc) is 3.29. The first kappa shape index (κ1) is 15.3. The molecular weight excluding hydrogens is 292 g/mol. The van der Waals surface area contributed by atoms with Crippen LogP contribution in [-0.4, -0.2) is 11.8 Å². The number of furan rings is 1. The largest absolute Gasteiger partial charge is 0.469 e. The van der Waals surface area contributed by atoms with E-state index in [2.05, 4.69) is 10.6 Å². The van der Waals surface area contributed by atoms with Gasteiger partial charge < -0.3 is 15.1 Å². The van der Waals surface area contributed by atoms with Gasteiger partial charge >= 0.3 is 0 Å². The molecule has 120 valence electrons. The Morgan fingerprint density at radius 1 is 1.17 bits per heavy atom. The number of carbonyl (C=O) groups is 2. The van der Waals surface area contributed by atoms with Crippen LogP contribution in [0, 0.1) is 12.8 Å². The Morgan fingerprint density at radius 3 is 2.43 bits per heavy atom. The van der Waals surface area contributed by atoms with Gasteiger partial charge in [-0.05, 0) is 50.5 Å². The van der Waals surface area contributed by atoms with Gasteiger partial charge in [0.25, 0.3) is 5.91 Å². The van der Waals surface area contributed by atoms with Gasteiger partial charge in [-0.25, -0.2) is 0 Å². The number of amides is 2. The first-order valence-corrected chi connectivity index (χ1v) is 7.80. The third kappa shape index (κ3) is 3.62. The Hall–Kier alpha value is -2.56. The van der Waals surface area contributed by atoms with Crippen LogP contribution >= 0.6 is 0 Å². The molecule has 1 heterocycles. The zero-order valence-electron chi connectivity index (χ0n) is 13.3. The van der Waals surface area contributed by atoms with Gasteiger partial charge in [0.15, 0.2) is 0 Å². The summed E-state index contributed by atoms with van der Waals surface area (Å²) in [5.74, 6) is 0.725. The van der Waals surface area contributed by atoms with Crippen molar-refractivity contribution in [2.24, 2.45) is 5.92 Å². The smallest absolute Gasteiger partial charge is 0.255 e. The van der Waals surface area contributed by atoms with Crippen LogP contribution < -0.4 is 10.6 Å². The second kappa shape index (κ2) is 6.28. The Morgan fingerprint density at radius 2 is 1.87 bits per heavy atom. The van der Waals surface area contributed by atoms with Gasteiger partial charge in [0.2, 0.25) is 5.91 Å². The van der Waals surface area contributed by atoms with Gasteiger partial charge in [0.1, 0.15) is 5.76 Å². The van der Waals surface area contributed by atoms with Crippen molar-refractivity contribution in [3.8, 4) is 0 Å². The summed E-state index contributed by atoms with van der Waals surface area (Å²) in [4.78, 5) is 23.9. The molecule has 5 heteroatoms. The van der Waals surface area contributed by atoms with Crippen molar-refractivity contribution < 1.29 is 14.0 Å². The maximum Gasteiger partial charge on any atom is 0.255 e. The summed E-state index contributed by atoms with van der Waals surface area (Å²) in [6, 6.07) is 9.08. The van der Waals surface area contributed by atoms with E-state index in [0.717, 1.165) is 24.1 Å². The summed E-state index contributed by atoms with van der Waals surface area (Å²) in [5, 5.41) is 5.84. The predicted octanol–water partition coefficient (Wildman–Crippen LogP) is 3.43. The highest BCUT2D eigenvalue weighted by Gasteiger charge is 2.29. The summed E-state index contributed by atoms with van der Waals surface area (Å²) in [5.41, 5.74) is 2.31. The zero-order chi connectivity index (χ0) is 16.4. The molecule has 23 heavy (non-hydrogen) atoms. The van der Waals surface area contributed by atoms with Crippen LogP contribution in [0.2, 0.25) is 0 Å². The van der Waals surface area contributed by atoms with Crippen molar-refractivity contribution in [1.82, 2.24) is 5.32 Å². The van der Waals surface area contributed by atoms with E-state index in [1.165, 1.54) is 6.26 Å². The number of hydrogen-bond donors (Lipinski definition) is 2. The van der Waals surface area contributed by atoms with Crippen LogP contribution in [0.5, 0.6) is 0 Å². The molecule has 3 rings (SSSR count). The minimum absolute atomic E-state index is 0.0922. The fraction of sp³-hybridized carbons (Fsp3) is 0.333. The quantitative estimate of drug-likeness (QED) is 0.888. The molecule has 5 nitrogen and oxygen atoms in total. The van der Waals surface area contributed by atoms with Crippen molar-refractivity contribution in [3.63, 3.8) is 0 Å². The molecule has 1 unspecified atom stereocenters. The number of hydrogen-bond acceptors (Lipinski definition) is 3. The van der Waals surface area contributed by atoms with E-state index in [1.54, 1.807) is 13.0 Å². The highest BCUT2D eigenvalue weighted by molar-refractivity contribution is 5.95. The second-order valence-electron chi connectivity index (χ2n) is 5.97. The maximum atomic E-state index is 12.2. The van der Waals surface area contributed by atoms with Crippen LogP contribution in [-0.2, 0) is 4.79 Å². The molecular formula is C18H20N2O3. The van der Waals surface area contributed by atoms with Gasteiger partial charge in [-0.15, -0.1) is 0 Å². The molecule has 0 aliphatic heterocycles. The Kier molecular flexibility index (Phi) is 4.19. The lowest BCUT2D eigenvalue weighted by Gasteiger charge is -2.15. The molecule has 2 aromatic rings. The first-order valence-electron chi connectivity index (χ1n) is 7.80. The van der Waals surface area contributed by atoms with Crippen molar-refractivity contribution >= 4 is 17.5 Å². The summed E-state index contributed by atoms with van der Waals surface area (Å²) < 4.78 is 5.15. The maximum absolute atomic E-state index is 12.2. The molecule has 1 aliphatic carbocycles. The van der Waals surface area contributed by atoms with Crippen LogP contribution in [0.3, 0.4) is 0 Å². The standard InChI is InChI=1S/C18H20N2O3/c1-11(19-18(22)16-9-10-23-12(16)2)13-5-7-15(8-6-13)20-17(21)14-3-4-14/h5-11,14H,3-4H2,1-2H3,(H,19,22)(H,20,21). The summed E-state index contributed by atoms with van der Waals surface area (Å²) in [6.07, 6.45) is 3.48. The van der Waals surface area contributed by atoms with Crippen molar-refractivity contribution in [1.29, 1.82) is 0 Å². The minimum Gasteiger partial charge on any atom is -0.469 e. The Bertz CT molecular complexity index is 714. The Balaban J connectivity index is 1.61. The van der Waals surface area contributed by atoms with Crippen molar-refractivity contribution in [2.75, 3.05) is 5.32 Å². The number of anilines is 1. The fourth-order valence-corrected chi connectivity index (χ4v) is 2.42. The lowest BCUT2D eigenvalue weighted by molar-refractivity contribution is -0.117. The topological polar surface area (TPSA) is 71.3 Å². The molecule has 2 N–H and O–H groups in total. The molecule has 1 aromatic heterocycles. The van der Waals surface area contributed by atoms with E-state index in [9.17, 15) is 9.59 Å². The molecule has 1 aromatic carbocycles. The SMILES string of the molecule is Cc1occc1C(=O)NC(C)c1ccc(NC(=O)C2CC2)cc1. The van der Waals surface area contributed by atoms with E-state index in [-0.39, 0.29) is 23.8 Å². The summed E-state index contributed by atoms with van der Waals surface area (Å²) >= 11 is 0. The van der Waals surface area contributed by atoms with Crippen molar-refractivity contribution in [2.45, 2.75) is 32.7 Å². The normalized spacial score (nSPS) is 15.0. The molecule has 1 aliphatic rings. The number of benzene rings is 1. The highest BCUT2D eigenvalue weighted by Crippen LogP contribution is 2.30. The minimum atomic E-state index is -0.158. The van der Waals surface area contributed by atoms with Crippen molar-refractivity contribution in [3.05, 3.63) is 53.5 Å². The lowest BCUT2D eigenvalue weighted by Crippen LogP contribution is -2.26. The number of nitrogens with one attached hydrogen (secondary N) is 2. The molecule has 0 spiro atoms. The van der Waals surface area contributed by atoms with Crippen LogP contribution in [0.4, 0.5) is 5.69 Å². The summed E-state index contributed by atoms with van der Waals surface area (Å²) in [6.45, 7) is 3.68. The third-order valence-corrected chi connectivity index (χ3v) is 4.08. The lowest BCUT2D eigenvalue weighted by atomic mass is 10.1. The third-order valence-electron chi connectivity index (χ3n) is 4.08. The highest BCUT2D eigenvalue weighted by atomic mass is 16.3. The van der Waals surface area contributed by atoms with Crippen LogP contribution in [0.1, 0.15) is 47.5 Å². The predicted molar refractivity (Wildman–Crippen MR) is 87.1 cm³/mol. The summed E-state index contributed by atoms with van der Waals surface area (Å²) in [7, 11) is 0. The fourth-order valence-electron chi connectivity index (χ4n) is 2.42. The van der Waals surface area contributed by atoms with Gasteiger partial charge in [-0.1, -0.05) is 12.1 Å².